The van der Waals surface area contributed by atoms with Crippen molar-refractivity contribution in [1.82, 2.24) is 4.98 Å². The van der Waals surface area contributed by atoms with Crippen molar-refractivity contribution in [3.63, 3.8) is 0 Å². The molecule has 0 atom stereocenters. The number of carbonyl (C=O) groups is 2. The summed E-state index contributed by atoms with van der Waals surface area (Å²) in [6, 6.07) is 0. The molecule has 0 spiro atoms. The van der Waals surface area contributed by atoms with Gasteiger partial charge in [0.2, 0.25) is 0 Å². The molecule has 0 saturated heterocycles. The second-order valence-corrected chi connectivity index (χ2v) is 3.60. The van der Waals surface area contributed by atoms with Gasteiger partial charge in [0.15, 0.2) is 0 Å². The SMILES string of the molecule is CCOC(=O)c1[nH]c(/C=N\O)c(C(=O)OCC)c1C. The van der Waals surface area contributed by atoms with E-state index in [2.05, 4.69) is 10.1 Å². The summed E-state index contributed by atoms with van der Waals surface area (Å²) in [5.41, 5.74) is 0.885. The van der Waals surface area contributed by atoms with Crippen molar-refractivity contribution < 1.29 is 24.3 Å². The van der Waals surface area contributed by atoms with Crippen molar-refractivity contribution in [3.8, 4) is 0 Å². The van der Waals surface area contributed by atoms with Gasteiger partial charge < -0.3 is 19.7 Å². The summed E-state index contributed by atoms with van der Waals surface area (Å²) in [7, 11) is 0. The highest BCUT2D eigenvalue weighted by atomic mass is 16.5. The lowest BCUT2D eigenvalue weighted by Gasteiger charge is -2.02. The summed E-state index contributed by atoms with van der Waals surface area (Å²) in [4.78, 5) is 26.2. The first-order valence-electron chi connectivity index (χ1n) is 5.80. The fraction of sp³-hybridized carbons (Fsp3) is 0.417. The average molecular weight is 268 g/mol. The number of carbonyl (C=O) groups excluding carboxylic acids is 2. The molecule has 0 aliphatic heterocycles. The quantitative estimate of drug-likeness (QED) is 0.364. The van der Waals surface area contributed by atoms with Gasteiger partial charge in [0.1, 0.15) is 5.69 Å². The molecule has 0 unspecified atom stereocenters. The minimum atomic E-state index is -0.596. The zero-order valence-corrected chi connectivity index (χ0v) is 11.0. The van der Waals surface area contributed by atoms with Crippen LogP contribution < -0.4 is 0 Å². The molecule has 0 bridgehead atoms. The Hall–Kier alpha value is -2.31. The number of H-pyrrole nitrogens is 1. The van der Waals surface area contributed by atoms with E-state index in [1.807, 2.05) is 0 Å². The smallest absolute Gasteiger partial charge is 0.355 e. The van der Waals surface area contributed by atoms with Crippen LogP contribution >= 0.6 is 0 Å². The molecule has 0 fully saturated rings. The normalized spacial score (nSPS) is 10.7. The van der Waals surface area contributed by atoms with E-state index >= 15 is 0 Å². The first-order valence-corrected chi connectivity index (χ1v) is 5.80. The molecule has 0 aromatic carbocycles. The predicted molar refractivity (Wildman–Crippen MR) is 66.8 cm³/mol. The molecule has 1 heterocycles. The number of hydrogen-bond donors (Lipinski definition) is 2. The maximum atomic E-state index is 11.8. The molecule has 1 rings (SSSR count). The van der Waals surface area contributed by atoms with Gasteiger partial charge in [-0.1, -0.05) is 5.16 Å². The zero-order chi connectivity index (χ0) is 14.4. The van der Waals surface area contributed by atoms with Gasteiger partial charge in [-0.2, -0.15) is 0 Å². The maximum Gasteiger partial charge on any atom is 0.355 e. The van der Waals surface area contributed by atoms with Crippen LogP contribution in [0.1, 0.15) is 46.0 Å². The summed E-state index contributed by atoms with van der Waals surface area (Å²) < 4.78 is 9.76. The van der Waals surface area contributed by atoms with E-state index in [1.165, 1.54) is 0 Å². The summed E-state index contributed by atoms with van der Waals surface area (Å²) in [5, 5.41) is 11.4. The third-order valence-corrected chi connectivity index (χ3v) is 2.42. The number of rotatable bonds is 5. The van der Waals surface area contributed by atoms with Gasteiger partial charge in [-0.3, -0.25) is 0 Å². The monoisotopic (exact) mass is 268 g/mol. The topological polar surface area (TPSA) is 101 Å². The van der Waals surface area contributed by atoms with Gasteiger partial charge in [0, 0.05) is 0 Å². The van der Waals surface area contributed by atoms with Crippen molar-refractivity contribution in [2.45, 2.75) is 20.8 Å². The third kappa shape index (κ3) is 3.12. The van der Waals surface area contributed by atoms with Crippen molar-refractivity contribution >= 4 is 18.2 Å². The predicted octanol–water partition coefficient (Wildman–Crippen LogP) is 1.48. The van der Waals surface area contributed by atoms with E-state index in [0.717, 1.165) is 6.21 Å². The van der Waals surface area contributed by atoms with E-state index < -0.39 is 11.9 Å². The van der Waals surface area contributed by atoms with Crippen LogP contribution in [0.4, 0.5) is 0 Å². The van der Waals surface area contributed by atoms with Gasteiger partial charge in [-0.15, -0.1) is 0 Å². The Morgan fingerprint density at radius 2 is 1.84 bits per heavy atom. The van der Waals surface area contributed by atoms with E-state index in [1.54, 1.807) is 20.8 Å². The largest absolute Gasteiger partial charge is 0.462 e. The van der Waals surface area contributed by atoms with Gasteiger partial charge >= 0.3 is 11.9 Å². The molecular formula is C12H16N2O5. The van der Waals surface area contributed by atoms with Crippen LogP contribution in [-0.4, -0.2) is 41.6 Å². The average Bonchev–Trinajstić information content (AvgIpc) is 2.67. The van der Waals surface area contributed by atoms with Crippen molar-refractivity contribution in [3.05, 3.63) is 22.5 Å². The third-order valence-electron chi connectivity index (χ3n) is 2.42. The molecule has 0 aliphatic carbocycles. The van der Waals surface area contributed by atoms with E-state index in [9.17, 15) is 9.59 Å². The number of esters is 2. The van der Waals surface area contributed by atoms with Crippen LogP contribution in [-0.2, 0) is 9.47 Å². The highest BCUT2D eigenvalue weighted by Gasteiger charge is 2.24. The van der Waals surface area contributed by atoms with Gasteiger partial charge in [0.25, 0.3) is 0 Å². The Bertz CT molecular complexity index is 504. The minimum absolute atomic E-state index is 0.139. The van der Waals surface area contributed by atoms with E-state index in [4.69, 9.17) is 14.7 Å². The Morgan fingerprint density at radius 1 is 1.26 bits per heavy atom. The molecular weight excluding hydrogens is 252 g/mol. The zero-order valence-electron chi connectivity index (χ0n) is 11.0. The molecule has 1 aromatic rings. The lowest BCUT2D eigenvalue weighted by molar-refractivity contribution is 0.0518. The standard InChI is InChI=1S/C12H16N2O5/c1-4-18-11(15)9-7(3)10(12(16)19-5-2)14-8(9)6-13-17/h6,14,17H,4-5H2,1-3H3/b13-6-. The Labute approximate surface area is 110 Å². The highest BCUT2D eigenvalue weighted by Crippen LogP contribution is 2.19. The summed E-state index contributed by atoms with van der Waals surface area (Å²) in [6.45, 7) is 5.36. The molecule has 0 radical (unpaired) electrons. The molecule has 0 amide bonds. The molecule has 7 nitrogen and oxygen atoms in total. The van der Waals surface area contributed by atoms with Crippen LogP contribution in [0.3, 0.4) is 0 Å². The Balaban J connectivity index is 3.27. The van der Waals surface area contributed by atoms with Crippen molar-refractivity contribution in [2.75, 3.05) is 13.2 Å². The van der Waals surface area contributed by atoms with Crippen LogP contribution in [0, 0.1) is 6.92 Å². The van der Waals surface area contributed by atoms with Crippen molar-refractivity contribution in [1.29, 1.82) is 0 Å². The van der Waals surface area contributed by atoms with Gasteiger partial charge in [-0.05, 0) is 26.3 Å². The molecule has 7 heteroatoms. The second-order valence-electron chi connectivity index (χ2n) is 3.60. The fourth-order valence-corrected chi connectivity index (χ4v) is 1.65. The summed E-state index contributed by atoms with van der Waals surface area (Å²) in [5.74, 6) is -1.18. The maximum absolute atomic E-state index is 11.8. The van der Waals surface area contributed by atoms with Gasteiger partial charge in [0.05, 0.1) is 30.7 Å². The van der Waals surface area contributed by atoms with E-state index in [-0.39, 0.29) is 30.2 Å². The number of aromatic nitrogens is 1. The number of oxime groups is 1. The van der Waals surface area contributed by atoms with E-state index in [0.29, 0.717) is 5.56 Å². The molecule has 2 N–H and O–H groups in total. The van der Waals surface area contributed by atoms with Crippen molar-refractivity contribution in [2.24, 2.45) is 5.16 Å². The molecule has 0 saturated carbocycles. The Kier molecular flexibility index (Phi) is 5.11. The molecule has 0 aliphatic rings. The number of nitrogens with zero attached hydrogens (tertiary/aromatic N) is 1. The molecule has 19 heavy (non-hydrogen) atoms. The lowest BCUT2D eigenvalue weighted by Crippen LogP contribution is -2.09. The number of ether oxygens (including phenoxy) is 2. The molecule has 104 valence electrons. The molecule has 1 aromatic heterocycles. The summed E-state index contributed by atoms with van der Waals surface area (Å²) in [6.07, 6.45) is 1.03. The first-order chi connectivity index (χ1) is 9.06. The number of aromatic amines is 1. The van der Waals surface area contributed by atoms with Crippen LogP contribution in [0.5, 0.6) is 0 Å². The van der Waals surface area contributed by atoms with Gasteiger partial charge in [-0.25, -0.2) is 9.59 Å². The minimum Gasteiger partial charge on any atom is -0.462 e. The second kappa shape index (κ2) is 6.58. The van der Waals surface area contributed by atoms with Crippen LogP contribution in [0.15, 0.2) is 5.16 Å². The first kappa shape index (κ1) is 14.7. The number of hydrogen-bond acceptors (Lipinski definition) is 6. The Morgan fingerprint density at radius 3 is 2.37 bits per heavy atom. The van der Waals surface area contributed by atoms with Crippen LogP contribution in [0.2, 0.25) is 0 Å². The summed E-state index contributed by atoms with van der Waals surface area (Å²) >= 11 is 0. The lowest BCUT2D eigenvalue weighted by atomic mass is 10.1. The fourth-order valence-electron chi connectivity index (χ4n) is 1.65. The highest BCUT2D eigenvalue weighted by molar-refractivity contribution is 6.04. The number of nitrogens with one attached hydrogen (secondary N) is 1. The van der Waals surface area contributed by atoms with Crippen LogP contribution in [0.25, 0.3) is 0 Å².